The van der Waals surface area contributed by atoms with E-state index in [2.05, 4.69) is 27.0 Å². The molecule has 0 unspecified atom stereocenters. The molecular formula is C18H19N3O2S. The molecule has 3 heterocycles. The number of likely N-dealkylation sites (tertiary alicyclic amines) is 1. The van der Waals surface area contributed by atoms with E-state index < -0.39 is 0 Å². The van der Waals surface area contributed by atoms with Gasteiger partial charge in [-0.1, -0.05) is 23.5 Å². The Morgan fingerprint density at radius 2 is 2.12 bits per heavy atom. The molecule has 5 nitrogen and oxygen atoms in total. The van der Waals surface area contributed by atoms with Crippen molar-refractivity contribution in [1.29, 1.82) is 0 Å². The van der Waals surface area contributed by atoms with Crippen LogP contribution < -0.4 is 4.74 Å². The van der Waals surface area contributed by atoms with Crippen LogP contribution in [0.25, 0.3) is 10.3 Å². The smallest absolute Gasteiger partial charge is 0.281 e. The lowest BCUT2D eigenvalue weighted by molar-refractivity contribution is 0.153. The Morgan fingerprint density at radius 1 is 1.25 bits per heavy atom. The van der Waals surface area contributed by atoms with Gasteiger partial charge in [0.15, 0.2) is 5.65 Å². The second-order valence-electron chi connectivity index (χ2n) is 6.00. The van der Waals surface area contributed by atoms with Gasteiger partial charge in [-0.05, 0) is 49.2 Å². The monoisotopic (exact) mass is 341 g/mol. The highest BCUT2D eigenvalue weighted by atomic mass is 32.1. The lowest BCUT2D eigenvalue weighted by Gasteiger charge is -2.22. The molecule has 1 aliphatic rings. The van der Waals surface area contributed by atoms with Crippen LogP contribution in [0.2, 0.25) is 0 Å². The van der Waals surface area contributed by atoms with Crippen LogP contribution in [-0.2, 0) is 6.54 Å². The molecule has 0 saturated carbocycles. The molecule has 0 aliphatic carbocycles. The zero-order chi connectivity index (χ0) is 16.4. The topological polar surface area (TPSA) is 58.5 Å². The largest absolute Gasteiger partial charge is 0.431 e. The molecule has 1 aliphatic heterocycles. The van der Waals surface area contributed by atoms with E-state index in [1.54, 1.807) is 6.20 Å². The molecule has 0 amide bonds. The first-order valence-electron chi connectivity index (χ1n) is 8.15. The van der Waals surface area contributed by atoms with Crippen LogP contribution >= 0.6 is 11.3 Å². The fraction of sp³-hybridized carbons (Fsp3) is 0.333. The number of fused-ring (bicyclic) bond motifs is 1. The molecule has 1 atom stereocenters. The van der Waals surface area contributed by atoms with Gasteiger partial charge in [-0.3, -0.25) is 4.90 Å². The van der Waals surface area contributed by atoms with E-state index >= 15 is 0 Å². The van der Waals surface area contributed by atoms with Gasteiger partial charge in [0.1, 0.15) is 5.75 Å². The van der Waals surface area contributed by atoms with Crippen molar-refractivity contribution in [2.45, 2.75) is 25.4 Å². The Kier molecular flexibility index (Phi) is 4.42. The third-order valence-electron chi connectivity index (χ3n) is 4.37. The second kappa shape index (κ2) is 6.84. The Balaban J connectivity index is 1.43. The number of thiazole rings is 1. The van der Waals surface area contributed by atoms with Crippen LogP contribution in [0.3, 0.4) is 0 Å². The maximum absolute atomic E-state index is 9.41. The fourth-order valence-corrected chi connectivity index (χ4v) is 3.90. The number of rotatable bonds is 5. The number of pyridine rings is 1. The number of nitrogens with zero attached hydrogens (tertiary/aromatic N) is 3. The average Bonchev–Trinajstić information content (AvgIpc) is 3.22. The van der Waals surface area contributed by atoms with E-state index in [9.17, 15) is 5.11 Å². The molecule has 0 radical (unpaired) electrons. The fourth-order valence-electron chi connectivity index (χ4n) is 3.10. The minimum absolute atomic E-state index is 0.243. The van der Waals surface area contributed by atoms with Crippen molar-refractivity contribution in [3.63, 3.8) is 0 Å². The summed E-state index contributed by atoms with van der Waals surface area (Å²) in [7, 11) is 0. The number of aliphatic hydroxyl groups excluding tert-OH is 1. The predicted octanol–water partition coefficient (Wildman–Crippen LogP) is 3.44. The molecule has 24 heavy (non-hydrogen) atoms. The first-order valence-corrected chi connectivity index (χ1v) is 8.97. The summed E-state index contributed by atoms with van der Waals surface area (Å²) < 4.78 is 6.87. The van der Waals surface area contributed by atoms with Gasteiger partial charge in [-0.25, -0.2) is 4.98 Å². The molecule has 2 aromatic heterocycles. The van der Waals surface area contributed by atoms with E-state index in [4.69, 9.17) is 4.74 Å². The second-order valence-corrected chi connectivity index (χ2v) is 6.99. The van der Waals surface area contributed by atoms with Gasteiger partial charge < -0.3 is 9.84 Å². The van der Waals surface area contributed by atoms with Crippen LogP contribution in [0, 0.1) is 0 Å². The SMILES string of the molecule is OC[C@@H]1CCCN1Cc1ccc(Oc2nc3ncccc3s2)cc1. The third kappa shape index (κ3) is 3.26. The standard InChI is InChI=1S/C18H19N3O2S/c22-12-14-3-2-10-21(14)11-13-5-7-15(8-6-13)23-18-20-17-16(24-18)4-1-9-19-17/h1,4-9,14,22H,2-3,10-12H2/t14-/m0/s1. The summed E-state index contributed by atoms with van der Waals surface area (Å²) in [4.78, 5) is 10.9. The summed E-state index contributed by atoms with van der Waals surface area (Å²) in [5, 5.41) is 10.0. The van der Waals surface area contributed by atoms with Crippen molar-refractivity contribution in [2.24, 2.45) is 0 Å². The highest BCUT2D eigenvalue weighted by Crippen LogP contribution is 2.30. The van der Waals surface area contributed by atoms with Gasteiger partial charge in [0.05, 0.1) is 11.3 Å². The van der Waals surface area contributed by atoms with Crippen molar-refractivity contribution in [1.82, 2.24) is 14.9 Å². The molecule has 1 saturated heterocycles. The van der Waals surface area contributed by atoms with E-state index in [-0.39, 0.29) is 6.61 Å². The Bertz CT molecular complexity index is 786. The van der Waals surface area contributed by atoms with Gasteiger partial charge in [-0.2, -0.15) is 4.98 Å². The molecule has 0 spiro atoms. The highest BCUT2D eigenvalue weighted by Gasteiger charge is 2.23. The lowest BCUT2D eigenvalue weighted by atomic mass is 10.2. The third-order valence-corrected chi connectivity index (χ3v) is 5.26. The molecule has 124 valence electrons. The number of ether oxygens (including phenoxy) is 1. The summed E-state index contributed by atoms with van der Waals surface area (Å²) in [5.74, 6) is 0.776. The minimum Gasteiger partial charge on any atom is -0.431 e. The number of hydrogen-bond donors (Lipinski definition) is 1. The maximum atomic E-state index is 9.41. The van der Waals surface area contributed by atoms with Gasteiger partial charge in [-0.15, -0.1) is 0 Å². The van der Waals surface area contributed by atoms with Crippen molar-refractivity contribution < 1.29 is 9.84 Å². The predicted molar refractivity (Wildman–Crippen MR) is 94.4 cm³/mol. The van der Waals surface area contributed by atoms with Crippen LogP contribution in [0.4, 0.5) is 0 Å². The van der Waals surface area contributed by atoms with Crippen LogP contribution in [0.5, 0.6) is 10.9 Å². The first kappa shape index (κ1) is 15.5. The molecular weight excluding hydrogens is 322 g/mol. The minimum atomic E-state index is 0.243. The van der Waals surface area contributed by atoms with E-state index in [0.29, 0.717) is 11.2 Å². The van der Waals surface area contributed by atoms with Crippen LogP contribution in [0.1, 0.15) is 18.4 Å². The first-order chi connectivity index (χ1) is 11.8. The molecule has 1 fully saturated rings. The van der Waals surface area contributed by atoms with Crippen LogP contribution in [0.15, 0.2) is 42.6 Å². The Labute approximate surface area is 144 Å². The van der Waals surface area contributed by atoms with Gasteiger partial charge in [0.25, 0.3) is 5.19 Å². The van der Waals surface area contributed by atoms with E-state index in [0.717, 1.165) is 42.0 Å². The van der Waals surface area contributed by atoms with Crippen molar-refractivity contribution in [2.75, 3.05) is 13.2 Å². The summed E-state index contributed by atoms with van der Waals surface area (Å²) >= 11 is 1.49. The van der Waals surface area contributed by atoms with Crippen LogP contribution in [-0.4, -0.2) is 39.2 Å². The number of hydrogen-bond acceptors (Lipinski definition) is 6. The summed E-state index contributed by atoms with van der Waals surface area (Å²) in [5.41, 5.74) is 1.95. The zero-order valence-electron chi connectivity index (χ0n) is 13.3. The molecule has 6 heteroatoms. The number of benzene rings is 1. The highest BCUT2D eigenvalue weighted by molar-refractivity contribution is 7.20. The molecule has 4 rings (SSSR count). The van der Waals surface area contributed by atoms with Gasteiger partial charge in [0, 0.05) is 18.8 Å². The summed E-state index contributed by atoms with van der Waals surface area (Å²) in [6, 6.07) is 12.3. The lowest BCUT2D eigenvalue weighted by Crippen LogP contribution is -2.31. The Hall–Kier alpha value is -2.02. The normalized spacial score (nSPS) is 18.3. The van der Waals surface area contributed by atoms with Crippen molar-refractivity contribution in [3.05, 3.63) is 48.2 Å². The zero-order valence-corrected chi connectivity index (χ0v) is 14.1. The van der Waals surface area contributed by atoms with Crippen molar-refractivity contribution >= 4 is 21.7 Å². The average molecular weight is 341 g/mol. The molecule has 3 aromatic rings. The van der Waals surface area contributed by atoms with E-state index in [1.807, 2.05) is 24.3 Å². The summed E-state index contributed by atoms with van der Waals surface area (Å²) in [6.07, 6.45) is 3.99. The number of aliphatic hydroxyl groups is 1. The van der Waals surface area contributed by atoms with Gasteiger partial charge >= 0.3 is 0 Å². The summed E-state index contributed by atoms with van der Waals surface area (Å²) in [6.45, 7) is 2.17. The molecule has 0 bridgehead atoms. The van der Waals surface area contributed by atoms with Crippen molar-refractivity contribution in [3.8, 4) is 10.9 Å². The molecule has 1 aromatic carbocycles. The maximum Gasteiger partial charge on any atom is 0.281 e. The van der Waals surface area contributed by atoms with E-state index in [1.165, 1.54) is 16.9 Å². The van der Waals surface area contributed by atoms with Gasteiger partial charge in [0.2, 0.25) is 0 Å². The molecule has 1 N–H and O–H groups in total. The number of aromatic nitrogens is 2. The Morgan fingerprint density at radius 3 is 2.92 bits per heavy atom. The quantitative estimate of drug-likeness (QED) is 0.770.